The second-order valence-electron chi connectivity index (χ2n) is 10.4. The molecule has 3 aromatic rings. The smallest absolute Gasteiger partial charge is 0.252 e. The van der Waals surface area contributed by atoms with Gasteiger partial charge in [-0.15, -0.1) is 0 Å². The van der Waals surface area contributed by atoms with E-state index < -0.39 is 10.0 Å². The Hall–Kier alpha value is -2.48. The van der Waals surface area contributed by atoms with Crippen LogP contribution in [-0.2, 0) is 26.7 Å². The molecule has 1 aliphatic heterocycles. The number of H-pyrrole nitrogens is 1. The van der Waals surface area contributed by atoms with E-state index in [1.165, 1.54) is 4.31 Å². The number of hydrogen-bond donors (Lipinski definition) is 1. The first-order chi connectivity index (χ1) is 15.9. The van der Waals surface area contributed by atoms with Crippen LogP contribution in [0.5, 0.6) is 0 Å². The van der Waals surface area contributed by atoms with Crippen molar-refractivity contribution >= 4 is 20.9 Å². The fraction of sp³-hybridized carbons (Fsp3) is 0.444. The Morgan fingerprint density at radius 3 is 2.41 bits per heavy atom. The summed E-state index contributed by atoms with van der Waals surface area (Å²) in [6.45, 7) is 11.1. The van der Waals surface area contributed by atoms with E-state index in [0.717, 1.165) is 40.4 Å². The lowest BCUT2D eigenvalue weighted by Gasteiger charge is -2.25. The summed E-state index contributed by atoms with van der Waals surface area (Å²) in [6, 6.07) is 12.9. The van der Waals surface area contributed by atoms with Gasteiger partial charge < -0.3 is 9.72 Å². The van der Waals surface area contributed by atoms with Crippen molar-refractivity contribution in [2.24, 2.45) is 0 Å². The van der Waals surface area contributed by atoms with Crippen molar-refractivity contribution in [3.8, 4) is 0 Å². The molecule has 1 aliphatic rings. The normalized spacial score (nSPS) is 17.1. The maximum absolute atomic E-state index is 13.7. The molecule has 34 heavy (non-hydrogen) atoms. The lowest BCUT2D eigenvalue weighted by Crippen LogP contribution is -2.38. The second-order valence-corrected chi connectivity index (χ2v) is 12.3. The van der Waals surface area contributed by atoms with Crippen LogP contribution in [0.25, 0.3) is 10.9 Å². The van der Waals surface area contributed by atoms with Crippen molar-refractivity contribution < 1.29 is 13.2 Å². The maximum atomic E-state index is 13.7. The molecule has 7 heteroatoms. The van der Waals surface area contributed by atoms with Crippen molar-refractivity contribution in [1.29, 1.82) is 0 Å². The third-order valence-electron chi connectivity index (χ3n) is 6.53. The summed E-state index contributed by atoms with van der Waals surface area (Å²) in [5.74, 6) is 0. The van der Waals surface area contributed by atoms with Gasteiger partial charge in [0.2, 0.25) is 10.0 Å². The zero-order valence-corrected chi connectivity index (χ0v) is 21.5. The molecule has 0 amide bonds. The van der Waals surface area contributed by atoms with E-state index in [1.807, 2.05) is 38.1 Å². The number of aromatic amines is 1. The Morgan fingerprint density at radius 2 is 1.79 bits per heavy atom. The fourth-order valence-electron chi connectivity index (χ4n) is 4.56. The molecule has 1 N–H and O–H groups in total. The van der Waals surface area contributed by atoms with E-state index in [4.69, 9.17) is 4.74 Å². The Morgan fingerprint density at radius 1 is 1.09 bits per heavy atom. The highest BCUT2D eigenvalue weighted by Crippen LogP contribution is 2.27. The van der Waals surface area contributed by atoms with E-state index in [9.17, 15) is 13.2 Å². The Labute approximate surface area is 202 Å². The van der Waals surface area contributed by atoms with E-state index in [-0.39, 0.29) is 35.1 Å². The fourth-order valence-corrected chi connectivity index (χ4v) is 6.01. The highest BCUT2D eigenvalue weighted by molar-refractivity contribution is 7.89. The van der Waals surface area contributed by atoms with Gasteiger partial charge >= 0.3 is 0 Å². The summed E-state index contributed by atoms with van der Waals surface area (Å²) in [5.41, 5.74) is 4.01. The molecule has 0 aliphatic carbocycles. The van der Waals surface area contributed by atoms with Gasteiger partial charge in [0.1, 0.15) is 0 Å². The molecule has 6 nitrogen and oxygen atoms in total. The Bertz CT molecular complexity index is 1350. The zero-order chi connectivity index (χ0) is 24.7. The van der Waals surface area contributed by atoms with Gasteiger partial charge in [0.05, 0.1) is 11.0 Å². The maximum Gasteiger partial charge on any atom is 0.252 e. The number of hydrogen-bond acceptors (Lipinski definition) is 4. The van der Waals surface area contributed by atoms with E-state index in [2.05, 4.69) is 31.8 Å². The Kier molecular flexibility index (Phi) is 6.73. The van der Waals surface area contributed by atoms with Crippen molar-refractivity contribution in [3.63, 3.8) is 0 Å². The zero-order valence-electron chi connectivity index (χ0n) is 20.6. The molecule has 1 fully saturated rings. The van der Waals surface area contributed by atoms with Crippen LogP contribution in [-0.4, -0.2) is 37.0 Å². The summed E-state index contributed by atoms with van der Waals surface area (Å²) in [6.07, 6.45) is 1.54. The summed E-state index contributed by atoms with van der Waals surface area (Å²) < 4.78 is 34.6. The average molecular weight is 483 g/mol. The highest BCUT2D eigenvalue weighted by Gasteiger charge is 2.30. The topological polar surface area (TPSA) is 79.5 Å². The highest BCUT2D eigenvalue weighted by atomic mass is 32.2. The molecule has 0 bridgehead atoms. The van der Waals surface area contributed by atoms with E-state index in [1.54, 1.807) is 12.1 Å². The number of rotatable bonds is 6. The number of aryl methyl sites for hydroxylation is 2. The van der Waals surface area contributed by atoms with Gasteiger partial charge in [-0.25, -0.2) is 8.42 Å². The first-order valence-electron chi connectivity index (χ1n) is 11.8. The molecule has 0 spiro atoms. The molecule has 4 rings (SSSR count). The van der Waals surface area contributed by atoms with E-state index in [0.29, 0.717) is 12.2 Å². The van der Waals surface area contributed by atoms with Crippen LogP contribution < -0.4 is 5.56 Å². The number of nitrogens with zero attached hydrogens (tertiary/aromatic N) is 1. The number of fused-ring (bicyclic) bond motifs is 1. The average Bonchev–Trinajstić information content (AvgIpc) is 3.26. The van der Waals surface area contributed by atoms with Crippen LogP contribution in [0.4, 0.5) is 0 Å². The van der Waals surface area contributed by atoms with Crippen molar-refractivity contribution in [2.45, 2.75) is 70.4 Å². The summed E-state index contributed by atoms with van der Waals surface area (Å²) in [7, 11) is -3.84. The number of pyridine rings is 1. The molecule has 1 atom stereocenters. The molecule has 1 aromatic heterocycles. The Balaban J connectivity index is 1.73. The second kappa shape index (κ2) is 9.29. The van der Waals surface area contributed by atoms with Gasteiger partial charge in [-0.2, -0.15) is 4.31 Å². The SMILES string of the molecule is Cc1cc(C)c2cc(CN(C[C@@H]3CCCO3)S(=O)(=O)c3ccc(C(C)(C)C)cc3)c(=O)[nH]c2c1. The lowest BCUT2D eigenvalue weighted by molar-refractivity contribution is 0.0925. The number of benzene rings is 2. The van der Waals surface area contributed by atoms with Crippen LogP contribution in [0, 0.1) is 13.8 Å². The van der Waals surface area contributed by atoms with E-state index >= 15 is 0 Å². The standard InChI is InChI=1S/C27H34N2O4S/c1-18-13-19(2)24-15-20(26(30)28-25(24)14-18)16-29(17-22-7-6-12-33-22)34(31,32)23-10-8-21(9-11-23)27(3,4)5/h8-11,13-15,22H,6-7,12,16-17H2,1-5H3,(H,28,30)/t22-/m0/s1. The molecule has 0 unspecified atom stereocenters. The van der Waals surface area contributed by atoms with Crippen molar-refractivity contribution in [1.82, 2.24) is 9.29 Å². The third kappa shape index (κ3) is 5.11. The number of ether oxygens (including phenoxy) is 1. The van der Waals surface area contributed by atoms with Crippen LogP contribution >= 0.6 is 0 Å². The third-order valence-corrected chi connectivity index (χ3v) is 8.35. The van der Waals surface area contributed by atoms with Gasteiger partial charge in [-0.1, -0.05) is 39.0 Å². The van der Waals surface area contributed by atoms with Crippen molar-refractivity contribution in [3.05, 3.63) is 75.1 Å². The van der Waals surface area contributed by atoms with Gasteiger partial charge in [-0.05, 0) is 73.1 Å². The number of aromatic nitrogens is 1. The summed E-state index contributed by atoms with van der Waals surface area (Å²) in [5, 5.41) is 0.921. The summed E-state index contributed by atoms with van der Waals surface area (Å²) in [4.78, 5) is 16.1. The summed E-state index contributed by atoms with van der Waals surface area (Å²) >= 11 is 0. The lowest BCUT2D eigenvalue weighted by atomic mass is 9.87. The first kappa shape index (κ1) is 24.6. The van der Waals surface area contributed by atoms with Crippen LogP contribution in [0.15, 0.2) is 52.2 Å². The molecule has 2 heterocycles. The van der Waals surface area contributed by atoms with Gasteiger partial charge in [-0.3, -0.25) is 4.79 Å². The predicted molar refractivity (Wildman–Crippen MR) is 136 cm³/mol. The van der Waals surface area contributed by atoms with Crippen LogP contribution in [0.1, 0.15) is 55.9 Å². The predicted octanol–water partition coefficient (Wildman–Crippen LogP) is 4.81. The largest absolute Gasteiger partial charge is 0.377 e. The van der Waals surface area contributed by atoms with Gasteiger partial charge in [0.15, 0.2) is 0 Å². The minimum absolute atomic E-state index is 0.0121. The molecule has 0 radical (unpaired) electrons. The first-order valence-corrected chi connectivity index (χ1v) is 13.2. The van der Waals surface area contributed by atoms with Crippen LogP contribution in [0.3, 0.4) is 0 Å². The molecule has 0 saturated carbocycles. The monoisotopic (exact) mass is 482 g/mol. The number of sulfonamides is 1. The molecular weight excluding hydrogens is 448 g/mol. The minimum Gasteiger partial charge on any atom is -0.377 e. The quantitative estimate of drug-likeness (QED) is 0.547. The minimum atomic E-state index is -3.84. The van der Waals surface area contributed by atoms with Crippen LogP contribution in [0.2, 0.25) is 0 Å². The molecule has 2 aromatic carbocycles. The van der Waals surface area contributed by atoms with Crippen molar-refractivity contribution in [2.75, 3.05) is 13.2 Å². The molecule has 1 saturated heterocycles. The molecule has 182 valence electrons. The number of nitrogens with one attached hydrogen (secondary N) is 1. The van der Waals surface area contributed by atoms with Gasteiger partial charge in [0.25, 0.3) is 5.56 Å². The molecular formula is C27H34N2O4S. The van der Waals surface area contributed by atoms with Gasteiger partial charge in [0, 0.05) is 36.2 Å².